The van der Waals surface area contributed by atoms with Crippen molar-refractivity contribution in [2.24, 2.45) is 5.92 Å². The van der Waals surface area contributed by atoms with Crippen molar-refractivity contribution in [1.29, 1.82) is 0 Å². The van der Waals surface area contributed by atoms with Crippen molar-refractivity contribution in [2.45, 2.75) is 50.4 Å². The predicted molar refractivity (Wildman–Crippen MR) is 108 cm³/mol. The Bertz CT molecular complexity index is 779. The maximum atomic E-state index is 12.8. The summed E-state index contributed by atoms with van der Waals surface area (Å²) in [6.07, 6.45) is 3.05. The van der Waals surface area contributed by atoms with E-state index in [1.165, 1.54) is 24.0 Å². The minimum absolute atomic E-state index is 0.0198. The van der Waals surface area contributed by atoms with E-state index in [9.17, 15) is 9.59 Å². The molecular weight excluding hydrogens is 368 g/mol. The van der Waals surface area contributed by atoms with E-state index in [4.69, 9.17) is 4.74 Å². The highest BCUT2D eigenvalue weighted by atomic mass is 16.6. The van der Waals surface area contributed by atoms with Crippen LogP contribution in [-0.4, -0.2) is 72.7 Å². The summed E-state index contributed by atoms with van der Waals surface area (Å²) in [5.74, 6) is 0.631. The molecule has 1 aromatic rings. The smallest absolute Gasteiger partial charge is 0.410 e. The monoisotopic (exact) mass is 398 g/mol. The number of rotatable bonds is 6. The third-order valence-corrected chi connectivity index (χ3v) is 6.80. The van der Waals surface area contributed by atoms with E-state index in [1.807, 2.05) is 4.90 Å². The number of aryl methyl sites for hydroxylation is 1. The van der Waals surface area contributed by atoms with Gasteiger partial charge in [0.2, 0.25) is 5.91 Å². The first-order valence-electron chi connectivity index (χ1n) is 10.9. The second kappa shape index (κ2) is 7.61. The van der Waals surface area contributed by atoms with Crippen LogP contribution in [0.15, 0.2) is 24.3 Å². The molecule has 3 saturated heterocycles. The normalized spacial score (nSPS) is 30.3. The minimum Gasteiger partial charge on any atom is -0.442 e. The Hall–Kier alpha value is -2.12. The van der Waals surface area contributed by atoms with E-state index in [-0.39, 0.29) is 36.2 Å². The highest BCUT2D eigenvalue weighted by molar-refractivity contribution is 5.78. The van der Waals surface area contributed by atoms with Crippen LogP contribution in [0.25, 0.3) is 0 Å². The first-order valence-corrected chi connectivity index (χ1v) is 10.9. The molecule has 5 rings (SSSR count). The van der Waals surface area contributed by atoms with Gasteiger partial charge in [-0.05, 0) is 37.7 Å². The lowest BCUT2D eigenvalue weighted by molar-refractivity contribution is -0.123. The molecular formula is C22H30N4O3. The van der Waals surface area contributed by atoms with Crippen molar-refractivity contribution in [3.05, 3.63) is 35.4 Å². The van der Waals surface area contributed by atoms with Crippen molar-refractivity contribution in [3.63, 3.8) is 0 Å². The summed E-state index contributed by atoms with van der Waals surface area (Å²) in [7, 11) is 0. The van der Waals surface area contributed by atoms with Crippen LogP contribution >= 0.6 is 0 Å². The average molecular weight is 399 g/mol. The van der Waals surface area contributed by atoms with Gasteiger partial charge in [-0.2, -0.15) is 0 Å². The SMILES string of the molecule is Cc1ccc(C(NC(=O)CN2CCC(N3C(=O)O[C@H]4CNC[C@H]43)C2)C2CC2)cc1. The molecule has 1 aliphatic carbocycles. The Balaban J connectivity index is 1.17. The van der Waals surface area contributed by atoms with Crippen LogP contribution in [0.3, 0.4) is 0 Å². The molecule has 4 fully saturated rings. The van der Waals surface area contributed by atoms with E-state index in [0.29, 0.717) is 12.5 Å². The molecule has 2 N–H and O–H groups in total. The molecule has 0 radical (unpaired) electrons. The van der Waals surface area contributed by atoms with Gasteiger partial charge in [-0.15, -0.1) is 0 Å². The fraction of sp³-hybridized carbons (Fsp3) is 0.636. The third-order valence-electron chi connectivity index (χ3n) is 6.80. The van der Waals surface area contributed by atoms with Gasteiger partial charge < -0.3 is 15.4 Å². The molecule has 0 bridgehead atoms. The second-order valence-electron chi connectivity index (χ2n) is 9.03. The van der Waals surface area contributed by atoms with Crippen LogP contribution in [0.5, 0.6) is 0 Å². The number of likely N-dealkylation sites (tertiary alicyclic amines) is 1. The van der Waals surface area contributed by atoms with Crippen molar-refractivity contribution in [3.8, 4) is 0 Å². The Morgan fingerprint density at radius 3 is 2.79 bits per heavy atom. The molecule has 2 amide bonds. The molecule has 156 valence electrons. The molecule has 0 spiro atoms. The van der Waals surface area contributed by atoms with Crippen LogP contribution in [0, 0.1) is 12.8 Å². The Labute approximate surface area is 171 Å². The summed E-state index contributed by atoms with van der Waals surface area (Å²) in [5, 5.41) is 6.58. The Kier molecular flexibility index (Phi) is 4.95. The fourth-order valence-electron chi connectivity index (χ4n) is 5.07. The lowest BCUT2D eigenvalue weighted by Crippen LogP contribution is -2.46. The highest BCUT2D eigenvalue weighted by Crippen LogP contribution is 2.41. The largest absolute Gasteiger partial charge is 0.442 e. The maximum Gasteiger partial charge on any atom is 0.410 e. The maximum absolute atomic E-state index is 12.8. The summed E-state index contributed by atoms with van der Waals surface area (Å²) >= 11 is 0. The highest BCUT2D eigenvalue weighted by Gasteiger charge is 2.48. The van der Waals surface area contributed by atoms with Gasteiger partial charge in [0, 0.05) is 32.2 Å². The first-order chi connectivity index (χ1) is 14.1. The van der Waals surface area contributed by atoms with Gasteiger partial charge in [0.15, 0.2) is 0 Å². The van der Waals surface area contributed by atoms with E-state index in [2.05, 4.69) is 46.7 Å². The third kappa shape index (κ3) is 3.85. The van der Waals surface area contributed by atoms with Crippen LogP contribution in [0.2, 0.25) is 0 Å². The van der Waals surface area contributed by atoms with Gasteiger partial charge in [-0.1, -0.05) is 29.8 Å². The molecule has 29 heavy (non-hydrogen) atoms. The van der Waals surface area contributed by atoms with Gasteiger partial charge in [0.25, 0.3) is 0 Å². The zero-order valence-corrected chi connectivity index (χ0v) is 17.0. The van der Waals surface area contributed by atoms with Crippen molar-refractivity contribution >= 4 is 12.0 Å². The lowest BCUT2D eigenvalue weighted by atomic mass is 10.0. The Morgan fingerprint density at radius 2 is 2.03 bits per heavy atom. The van der Waals surface area contributed by atoms with Crippen LogP contribution in [0.4, 0.5) is 4.79 Å². The molecule has 2 unspecified atom stereocenters. The number of ether oxygens (including phenoxy) is 1. The number of fused-ring (bicyclic) bond motifs is 1. The molecule has 3 heterocycles. The molecule has 3 aliphatic heterocycles. The van der Waals surface area contributed by atoms with Crippen molar-refractivity contribution in [2.75, 3.05) is 32.7 Å². The van der Waals surface area contributed by atoms with Crippen molar-refractivity contribution < 1.29 is 14.3 Å². The van der Waals surface area contributed by atoms with E-state index in [1.54, 1.807) is 0 Å². The quantitative estimate of drug-likeness (QED) is 0.758. The zero-order valence-electron chi connectivity index (χ0n) is 17.0. The summed E-state index contributed by atoms with van der Waals surface area (Å²) in [5.41, 5.74) is 2.43. The number of carbonyl (C=O) groups is 2. The van der Waals surface area contributed by atoms with Gasteiger partial charge >= 0.3 is 6.09 Å². The topological polar surface area (TPSA) is 73.9 Å². The fourth-order valence-corrected chi connectivity index (χ4v) is 5.07. The van der Waals surface area contributed by atoms with E-state index in [0.717, 1.165) is 32.6 Å². The van der Waals surface area contributed by atoms with Crippen LogP contribution in [-0.2, 0) is 9.53 Å². The molecule has 7 nitrogen and oxygen atoms in total. The van der Waals surface area contributed by atoms with Gasteiger partial charge in [-0.3, -0.25) is 14.6 Å². The molecule has 4 aliphatic rings. The first kappa shape index (κ1) is 18.9. The number of hydrogen-bond donors (Lipinski definition) is 2. The van der Waals surface area contributed by atoms with Crippen LogP contribution < -0.4 is 10.6 Å². The molecule has 1 saturated carbocycles. The summed E-state index contributed by atoms with van der Waals surface area (Å²) < 4.78 is 5.50. The molecule has 4 atom stereocenters. The average Bonchev–Trinajstić information content (AvgIpc) is 3.14. The molecule has 1 aromatic carbocycles. The number of nitrogens with zero attached hydrogens (tertiary/aromatic N) is 2. The van der Waals surface area contributed by atoms with Gasteiger partial charge in [0.05, 0.1) is 18.6 Å². The summed E-state index contributed by atoms with van der Waals surface area (Å²) in [6, 6.07) is 8.89. The van der Waals surface area contributed by atoms with E-state index < -0.39 is 0 Å². The van der Waals surface area contributed by atoms with Gasteiger partial charge in [0.1, 0.15) is 6.10 Å². The summed E-state index contributed by atoms with van der Waals surface area (Å²) in [4.78, 5) is 29.2. The van der Waals surface area contributed by atoms with Crippen molar-refractivity contribution in [1.82, 2.24) is 20.4 Å². The molecule has 0 aromatic heterocycles. The van der Waals surface area contributed by atoms with E-state index >= 15 is 0 Å². The van der Waals surface area contributed by atoms with Crippen LogP contribution in [0.1, 0.15) is 36.4 Å². The number of carbonyl (C=O) groups excluding carboxylic acids is 2. The Morgan fingerprint density at radius 1 is 1.24 bits per heavy atom. The summed E-state index contributed by atoms with van der Waals surface area (Å²) in [6.45, 7) is 5.59. The number of hydrogen-bond acceptors (Lipinski definition) is 5. The zero-order chi connectivity index (χ0) is 20.0. The molecule has 7 heteroatoms. The minimum atomic E-state index is -0.189. The number of benzene rings is 1. The predicted octanol–water partition coefficient (Wildman–Crippen LogP) is 1.43. The van der Waals surface area contributed by atoms with Gasteiger partial charge in [-0.25, -0.2) is 4.79 Å². The standard InChI is InChI=1S/C22H30N4O3/c1-14-2-4-15(5-3-14)21(16-6-7-16)24-20(27)13-25-9-8-17(12-25)26-18-10-23-11-19(18)29-22(26)28/h2-5,16-19,21,23H,6-13H2,1H3,(H,24,27)/t17?,18-,19+,21?/m1/s1. The second-order valence-corrected chi connectivity index (χ2v) is 9.03. The number of nitrogens with one attached hydrogen (secondary N) is 2. The lowest BCUT2D eigenvalue weighted by Gasteiger charge is -2.27. The number of amides is 2.